The van der Waals surface area contributed by atoms with Gasteiger partial charge in [0.05, 0.1) is 11.1 Å². The van der Waals surface area contributed by atoms with E-state index in [1.807, 2.05) is 42.6 Å². The molecule has 0 spiro atoms. The first-order valence-corrected chi connectivity index (χ1v) is 7.93. The number of nitrogens with one attached hydrogen (secondary N) is 2. The lowest BCUT2D eigenvalue weighted by Gasteiger charge is -2.25. The average molecular weight is 309 g/mol. The lowest BCUT2D eigenvalue weighted by atomic mass is 10.0. The number of nitriles is 1. The highest BCUT2D eigenvalue weighted by atomic mass is 16.2. The molecule has 1 saturated carbocycles. The molecule has 4 rings (SSSR count). The fourth-order valence-corrected chi connectivity index (χ4v) is 3.82. The second-order valence-electron chi connectivity index (χ2n) is 6.98. The van der Waals surface area contributed by atoms with Crippen LogP contribution in [0.4, 0.5) is 0 Å². The van der Waals surface area contributed by atoms with Crippen molar-refractivity contribution in [3.8, 4) is 6.07 Å². The van der Waals surface area contributed by atoms with Crippen molar-refractivity contribution in [2.75, 3.05) is 13.1 Å². The van der Waals surface area contributed by atoms with Crippen LogP contribution >= 0.6 is 0 Å². The fraction of sp³-hybridized carbons (Fsp3) is 0.471. The average Bonchev–Trinajstić information content (AvgIpc) is 2.87. The zero-order valence-corrected chi connectivity index (χ0v) is 13.2. The maximum absolute atomic E-state index is 12.6. The van der Waals surface area contributed by atoms with Gasteiger partial charge in [-0.1, -0.05) is 6.07 Å². The quantitative estimate of drug-likeness (QED) is 0.887. The topological polar surface area (TPSA) is 82.2 Å². The number of nitrogens with zero attached hydrogens (tertiary/aromatic N) is 3. The van der Waals surface area contributed by atoms with Gasteiger partial charge in [0.1, 0.15) is 11.9 Å². The van der Waals surface area contributed by atoms with Gasteiger partial charge in [-0.3, -0.25) is 4.79 Å². The Balaban J connectivity index is 1.64. The Kier molecular flexibility index (Phi) is 2.97. The summed E-state index contributed by atoms with van der Waals surface area (Å²) in [5.41, 5.74) is 0.510. The van der Waals surface area contributed by atoms with Crippen molar-refractivity contribution < 1.29 is 4.79 Å². The molecule has 6 heteroatoms. The van der Waals surface area contributed by atoms with Gasteiger partial charge < -0.3 is 15.0 Å². The minimum absolute atomic E-state index is 0.0951. The van der Waals surface area contributed by atoms with Gasteiger partial charge in [-0.15, -0.1) is 0 Å². The van der Waals surface area contributed by atoms with Crippen molar-refractivity contribution in [3.05, 3.63) is 35.9 Å². The molecule has 23 heavy (non-hydrogen) atoms. The molecule has 0 unspecified atom stereocenters. The number of amides is 1. The first-order valence-electron chi connectivity index (χ1n) is 7.93. The predicted octanol–water partition coefficient (Wildman–Crippen LogP) is 1.02. The van der Waals surface area contributed by atoms with Crippen LogP contribution in [0.15, 0.2) is 24.4 Å². The Hall–Kier alpha value is -2.39. The van der Waals surface area contributed by atoms with E-state index in [0.717, 1.165) is 18.6 Å². The monoisotopic (exact) mass is 309 g/mol. The molecule has 2 fully saturated rings. The lowest BCUT2D eigenvalue weighted by Crippen LogP contribution is -2.44. The third kappa shape index (κ3) is 2.12. The van der Waals surface area contributed by atoms with Crippen molar-refractivity contribution in [2.45, 2.75) is 19.4 Å². The van der Waals surface area contributed by atoms with E-state index in [4.69, 9.17) is 0 Å². The summed E-state index contributed by atoms with van der Waals surface area (Å²) in [7, 11) is 0. The number of hydrogen-bond donors (Lipinski definition) is 2. The molecule has 1 saturated heterocycles. The van der Waals surface area contributed by atoms with E-state index in [1.165, 1.54) is 0 Å². The maximum Gasteiger partial charge on any atom is 0.224 e. The number of fused-ring (bicyclic) bond motifs is 2. The van der Waals surface area contributed by atoms with Crippen LogP contribution in [0.3, 0.4) is 0 Å². The first-order chi connectivity index (χ1) is 11.0. The molecule has 2 aromatic heterocycles. The molecule has 1 aliphatic heterocycles. The molecular formula is C17H19N5O. The molecule has 2 aliphatic rings. The van der Waals surface area contributed by atoms with Crippen LogP contribution in [-0.4, -0.2) is 28.4 Å². The normalized spacial score (nSPS) is 25.9. The van der Waals surface area contributed by atoms with E-state index in [-0.39, 0.29) is 11.8 Å². The zero-order valence-electron chi connectivity index (χ0n) is 13.2. The van der Waals surface area contributed by atoms with Crippen LogP contribution in [0, 0.1) is 29.1 Å². The number of hydrogen-bond acceptors (Lipinski definition) is 4. The molecular weight excluding hydrogens is 290 g/mol. The van der Waals surface area contributed by atoms with Crippen LogP contribution < -0.4 is 10.6 Å². The van der Waals surface area contributed by atoms with E-state index < -0.39 is 5.54 Å². The van der Waals surface area contributed by atoms with Crippen molar-refractivity contribution in [3.63, 3.8) is 0 Å². The van der Waals surface area contributed by atoms with Crippen LogP contribution in [0.5, 0.6) is 0 Å². The van der Waals surface area contributed by atoms with Crippen LogP contribution in [0.2, 0.25) is 0 Å². The summed E-state index contributed by atoms with van der Waals surface area (Å²) < 4.78 is 1.88. The van der Waals surface area contributed by atoms with Gasteiger partial charge in [0, 0.05) is 12.1 Å². The Bertz CT molecular complexity index is 821. The highest BCUT2D eigenvalue weighted by molar-refractivity contribution is 5.83. The summed E-state index contributed by atoms with van der Waals surface area (Å²) in [6.07, 6.45) is 1.88. The number of imidazole rings is 1. The fourth-order valence-electron chi connectivity index (χ4n) is 3.82. The summed E-state index contributed by atoms with van der Waals surface area (Å²) in [5.74, 6) is 1.87. The van der Waals surface area contributed by atoms with Gasteiger partial charge in [-0.05, 0) is 50.9 Å². The number of aromatic nitrogens is 2. The van der Waals surface area contributed by atoms with Gasteiger partial charge >= 0.3 is 0 Å². The third-order valence-electron chi connectivity index (χ3n) is 5.04. The van der Waals surface area contributed by atoms with Gasteiger partial charge in [0.15, 0.2) is 5.69 Å². The molecule has 3 atom stereocenters. The molecule has 0 aromatic carbocycles. The molecule has 118 valence electrons. The number of piperidine rings is 1. The Labute approximate surface area is 134 Å². The van der Waals surface area contributed by atoms with Crippen molar-refractivity contribution in [1.82, 2.24) is 20.0 Å². The highest BCUT2D eigenvalue weighted by Crippen LogP contribution is 2.49. The predicted molar refractivity (Wildman–Crippen MR) is 84.4 cm³/mol. The van der Waals surface area contributed by atoms with Crippen LogP contribution in [0.25, 0.3) is 5.52 Å². The number of carbonyl (C=O) groups excluding carboxylic acids is 1. The minimum Gasteiger partial charge on any atom is -0.344 e. The number of pyridine rings is 1. The largest absolute Gasteiger partial charge is 0.344 e. The van der Waals surface area contributed by atoms with Crippen LogP contribution in [0.1, 0.15) is 25.4 Å². The SMILES string of the molecule is CC(C)(NC(=O)[C@H]1[C@@H]2CNC[C@@H]21)c1nc(C#N)c2ccccn12. The summed E-state index contributed by atoms with van der Waals surface area (Å²) in [6.45, 7) is 5.75. The summed E-state index contributed by atoms with van der Waals surface area (Å²) in [5, 5.41) is 15.7. The zero-order chi connectivity index (χ0) is 16.2. The molecule has 0 bridgehead atoms. The van der Waals surface area contributed by atoms with E-state index in [1.54, 1.807) is 0 Å². The van der Waals surface area contributed by atoms with E-state index >= 15 is 0 Å². The maximum atomic E-state index is 12.6. The minimum atomic E-state index is -0.638. The van der Waals surface area contributed by atoms with E-state index in [2.05, 4.69) is 21.7 Å². The molecule has 0 radical (unpaired) electrons. The van der Waals surface area contributed by atoms with Crippen molar-refractivity contribution in [1.29, 1.82) is 5.26 Å². The molecule has 3 heterocycles. The van der Waals surface area contributed by atoms with Crippen molar-refractivity contribution in [2.24, 2.45) is 17.8 Å². The Morgan fingerprint density at radius 2 is 2.17 bits per heavy atom. The van der Waals surface area contributed by atoms with Gasteiger partial charge in [-0.25, -0.2) is 4.98 Å². The lowest BCUT2D eigenvalue weighted by molar-refractivity contribution is -0.124. The van der Waals surface area contributed by atoms with Gasteiger partial charge in [0.25, 0.3) is 0 Å². The number of carbonyl (C=O) groups is 1. The van der Waals surface area contributed by atoms with E-state index in [9.17, 15) is 10.1 Å². The molecule has 6 nitrogen and oxygen atoms in total. The van der Waals surface area contributed by atoms with E-state index in [0.29, 0.717) is 23.4 Å². The molecule has 2 aromatic rings. The third-order valence-corrected chi connectivity index (χ3v) is 5.04. The van der Waals surface area contributed by atoms with Crippen molar-refractivity contribution >= 4 is 11.4 Å². The van der Waals surface area contributed by atoms with Gasteiger partial charge in [-0.2, -0.15) is 5.26 Å². The van der Waals surface area contributed by atoms with Crippen LogP contribution in [-0.2, 0) is 10.3 Å². The second-order valence-corrected chi connectivity index (χ2v) is 6.98. The Morgan fingerprint density at radius 3 is 2.87 bits per heavy atom. The summed E-state index contributed by atoms with van der Waals surface area (Å²) in [4.78, 5) is 17.0. The summed E-state index contributed by atoms with van der Waals surface area (Å²) in [6, 6.07) is 7.77. The molecule has 1 amide bonds. The Morgan fingerprint density at radius 1 is 1.43 bits per heavy atom. The summed E-state index contributed by atoms with van der Waals surface area (Å²) >= 11 is 0. The molecule has 1 aliphatic carbocycles. The van der Waals surface area contributed by atoms with Gasteiger partial charge in [0.2, 0.25) is 5.91 Å². The smallest absolute Gasteiger partial charge is 0.224 e. The second kappa shape index (κ2) is 4.80. The highest BCUT2D eigenvalue weighted by Gasteiger charge is 2.57. The number of rotatable bonds is 3. The molecule has 2 N–H and O–H groups in total. The first kappa shape index (κ1) is 14.2. The standard InChI is InChI=1S/C17H19N5O/c1-17(2,21-15(23)14-10-8-19-9-11(10)14)16-20-12(7-18)13-5-3-4-6-22(13)16/h3-6,10-11,14,19H,8-9H2,1-2H3,(H,21,23)/t10-,11+,14+.